The maximum absolute atomic E-state index is 9.50. The standard InChI is InChI=1S/C38H20N4O/c1-40-30-21-25(16-15-23(30)22-39)42-32-14-8-6-12-29(32)36-34(42)20-18-27-26-17-19-33-35(37(26)43-38(27)36)28-11-5-7-13-31(28)41(33)24-9-3-2-4-10-24/h2-21H. The van der Waals surface area contributed by atoms with Gasteiger partial charge in [-0.25, -0.2) is 4.85 Å². The summed E-state index contributed by atoms with van der Waals surface area (Å²) in [6, 6.07) is 43.4. The second-order valence-electron chi connectivity index (χ2n) is 10.7. The van der Waals surface area contributed by atoms with Crippen molar-refractivity contribution in [3.8, 4) is 17.4 Å². The van der Waals surface area contributed by atoms with Gasteiger partial charge < -0.3 is 13.6 Å². The molecule has 5 heteroatoms. The van der Waals surface area contributed by atoms with E-state index in [-0.39, 0.29) is 0 Å². The van der Waals surface area contributed by atoms with Gasteiger partial charge in [0.2, 0.25) is 5.69 Å². The maximum atomic E-state index is 9.50. The van der Waals surface area contributed by atoms with Gasteiger partial charge in [-0.2, -0.15) is 5.26 Å². The number of fused-ring (bicyclic) bond motifs is 11. The van der Waals surface area contributed by atoms with Crippen LogP contribution in [0.1, 0.15) is 5.56 Å². The van der Waals surface area contributed by atoms with Crippen LogP contribution in [0.5, 0.6) is 0 Å². The quantitative estimate of drug-likeness (QED) is 0.202. The Labute approximate surface area is 245 Å². The fourth-order valence-electron chi connectivity index (χ4n) is 6.78. The van der Waals surface area contributed by atoms with Crippen LogP contribution in [-0.2, 0) is 0 Å². The van der Waals surface area contributed by atoms with Crippen molar-refractivity contribution < 1.29 is 4.42 Å². The molecule has 3 aromatic heterocycles. The number of aromatic nitrogens is 2. The van der Waals surface area contributed by atoms with Crippen LogP contribution in [0.2, 0.25) is 0 Å². The van der Waals surface area contributed by atoms with Crippen LogP contribution in [0, 0.1) is 17.9 Å². The number of hydrogen-bond donors (Lipinski definition) is 0. The summed E-state index contributed by atoms with van der Waals surface area (Å²) in [6.45, 7) is 7.63. The van der Waals surface area contributed by atoms with Crippen LogP contribution < -0.4 is 0 Å². The van der Waals surface area contributed by atoms with E-state index in [1.807, 2.05) is 24.3 Å². The number of para-hydroxylation sites is 3. The van der Waals surface area contributed by atoms with Gasteiger partial charge in [-0.1, -0.05) is 60.7 Å². The largest absolute Gasteiger partial charge is 0.455 e. The Morgan fingerprint density at radius 2 is 1.12 bits per heavy atom. The van der Waals surface area contributed by atoms with Gasteiger partial charge in [-0.15, -0.1) is 0 Å². The topological polar surface area (TPSA) is 51.1 Å². The van der Waals surface area contributed by atoms with Gasteiger partial charge in [0.05, 0.1) is 51.0 Å². The molecule has 0 aliphatic rings. The van der Waals surface area contributed by atoms with Crippen molar-refractivity contribution in [1.29, 1.82) is 5.26 Å². The molecule has 0 unspecified atom stereocenters. The summed E-state index contributed by atoms with van der Waals surface area (Å²) in [5, 5.41) is 16.0. The molecular weight excluding hydrogens is 528 g/mol. The molecule has 0 aliphatic carbocycles. The van der Waals surface area contributed by atoms with Crippen LogP contribution >= 0.6 is 0 Å². The van der Waals surface area contributed by atoms with Gasteiger partial charge in [0.1, 0.15) is 11.2 Å². The molecule has 0 bridgehead atoms. The first-order valence-electron chi connectivity index (χ1n) is 14.0. The SMILES string of the molecule is [C-]#[N+]c1cc(-n2c3ccccc3c3c4oc5c(ccc6c5c5ccccc5n6-c5ccccc5)c4ccc32)ccc1C#N. The van der Waals surface area contributed by atoms with Gasteiger partial charge in [-0.05, 0) is 60.7 Å². The second-order valence-corrected chi connectivity index (χ2v) is 10.7. The summed E-state index contributed by atoms with van der Waals surface area (Å²) < 4.78 is 11.4. The highest BCUT2D eigenvalue weighted by Crippen LogP contribution is 2.44. The molecule has 0 fully saturated rings. The van der Waals surface area contributed by atoms with Gasteiger partial charge >= 0.3 is 0 Å². The van der Waals surface area contributed by atoms with Crippen LogP contribution in [0.4, 0.5) is 5.69 Å². The average Bonchev–Trinajstić information content (AvgIpc) is 3.72. The minimum atomic E-state index is 0.341. The van der Waals surface area contributed by atoms with Gasteiger partial charge in [0, 0.05) is 32.9 Å². The van der Waals surface area contributed by atoms with Crippen LogP contribution in [0.25, 0.3) is 81.8 Å². The summed E-state index contributed by atoms with van der Waals surface area (Å²) in [5.41, 5.74) is 8.59. The van der Waals surface area contributed by atoms with E-state index in [9.17, 15) is 5.26 Å². The van der Waals surface area contributed by atoms with Crippen molar-refractivity contribution in [2.45, 2.75) is 0 Å². The van der Waals surface area contributed by atoms with Crippen molar-refractivity contribution in [1.82, 2.24) is 9.13 Å². The average molecular weight is 549 g/mol. The molecule has 0 N–H and O–H groups in total. The summed E-state index contributed by atoms with van der Waals surface area (Å²) in [5.74, 6) is 0. The number of rotatable bonds is 2. The highest BCUT2D eigenvalue weighted by atomic mass is 16.3. The third kappa shape index (κ3) is 3.08. The van der Waals surface area contributed by atoms with Gasteiger partial charge in [-0.3, -0.25) is 0 Å². The Balaban J connectivity index is 1.42. The van der Waals surface area contributed by atoms with Crippen molar-refractivity contribution in [3.63, 3.8) is 0 Å². The van der Waals surface area contributed by atoms with Crippen LogP contribution in [0.15, 0.2) is 126 Å². The minimum Gasteiger partial charge on any atom is -0.455 e. The molecule has 3 heterocycles. The smallest absolute Gasteiger partial charge is 0.206 e. The third-order valence-corrected chi connectivity index (χ3v) is 8.57. The zero-order valence-electron chi connectivity index (χ0n) is 22.7. The fraction of sp³-hybridized carbons (Fsp3) is 0. The number of benzene rings is 6. The molecule has 5 nitrogen and oxygen atoms in total. The van der Waals surface area contributed by atoms with Crippen molar-refractivity contribution in [2.24, 2.45) is 0 Å². The fourth-order valence-corrected chi connectivity index (χ4v) is 6.78. The first-order valence-corrected chi connectivity index (χ1v) is 14.0. The molecule has 43 heavy (non-hydrogen) atoms. The van der Waals surface area contributed by atoms with E-state index in [1.54, 1.807) is 12.1 Å². The predicted octanol–water partition coefficient (Wildman–Crippen LogP) is 10.2. The lowest BCUT2D eigenvalue weighted by Crippen LogP contribution is -1.94. The molecule has 0 amide bonds. The maximum Gasteiger partial charge on any atom is 0.206 e. The van der Waals surface area contributed by atoms with E-state index in [0.717, 1.165) is 76.9 Å². The van der Waals surface area contributed by atoms with E-state index in [4.69, 9.17) is 11.0 Å². The van der Waals surface area contributed by atoms with E-state index in [1.165, 1.54) is 0 Å². The summed E-state index contributed by atoms with van der Waals surface area (Å²) in [6.07, 6.45) is 0. The molecule has 0 saturated heterocycles. The highest BCUT2D eigenvalue weighted by molar-refractivity contribution is 6.28. The molecule has 0 aliphatic heterocycles. The first-order chi connectivity index (χ1) is 21.3. The number of furan rings is 1. The molecule has 9 aromatic rings. The Kier molecular flexibility index (Phi) is 4.68. The van der Waals surface area contributed by atoms with Crippen molar-refractivity contribution in [3.05, 3.63) is 138 Å². The Bertz CT molecular complexity index is 2690. The first kappa shape index (κ1) is 23.4. The highest BCUT2D eigenvalue weighted by Gasteiger charge is 2.22. The predicted molar refractivity (Wildman–Crippen MR) is 173 cm³/mol. The normalized spacial score (nSPS) is 11.7. The van der Waals surface area contributed by atoms with Gasteiger partial charge in [0.25, 0.3) is 0 Å². The minimum absolute atomic E-state index is 0.341. The number of nitrogens with zero attached hydrogens (tertiary/aromatic N) is 4. The van der Waals surface area contributed by atoms with Crippen LogP contribution in [-0.4, -0.2) is 9.13 Å². The second kappa shape index (κ2) is 8.60. The molecule has 0 saturated carbocycles. The molecule has 9 rings (SSSR count). The van der Waals surface area contributed by atoms with E-state index < -0.39 is 0 Å². The lowest BCUT2D eigenvalue weighted by molar-refractivity contribution is 0.677. The monoisotopic (exact) mass is 548 g/mol. The molecule has 198 valence electrons. The Morgan fingerprint density at radius 3 is 1.70 bits per heavy atom. The van der Waals surface area contributed by atoms with Crippen molar-refractivity contribution >= 4 is 71.2 Å². The summed E-state index contributed by atoms with van der Waals surface area (Å²) in [7, 11) is 0. The third-order valence-electron chi connectivity index (χ3n) is 8.57. The zero-order chi connectivity index (χ0) is 28.7. The van der Waals surface area contributed by atoms with Crippen molar-refractivity contribution in [2.75, 3.05) is 0 Å². The van der Waals surface area contributed by atoms with E-state index >= 15 is 0 Å². The molecular formula is C38H20N4O. The molecule has 0 atom stereocenters. The number of nitriles is 1. The van der Waals surface area contributed by atoms with Gasteiger partial charge in [0.15, 0.2) is 0 Å². The molecule has 0 radical (unpaired) electrons. The molecule has 6 aromatic carbocycles. The Hall–Kier alpha value is -6.30. The lowest BCUT2D eigenvalue weighted by Gasteiger charge is -2.09. The summed E-state index contributed by atoms with van der Waals surface area (Å²) in [4.78, 5) is 3.62. The van der Waals surface area contributed by atoms with E-state index in [2.05, 4.69) is 105 Å². The number of hydrogen-bond acceptors (Lipinski definition) is 2. The Morgan fingerprint density at radius 1 is 0.558 bits per heavy atom. The van der Waals surface area contributed by atoms with E-state index in [0.29, 0.717) is 11.3 Å². The lowest BCUT2D eigenvalue weighted by atomic mass is 10.1. The zero-order valence-corrected chi connectivity index (χ0v) is 22.7. The summed E-state index contributed by atoms with van der Waals surface area (Å²) >= 11 is 0. The van der Waals surface area contributed by atoms with Crippen LogP contribution in [0.3, 0.4) is 0 Å². The molecule has 0 spiro atoms.